The SMILES string of the molecule is COc1cc(C(=O)Nc2ccc(C)cn2)ccc1OC(C)C. The van der Waals surface area contributed by atoms with Gasteiger partial charge >= 0.3 is 0 Å². The molecule has 0 bridgehead atoms. The highest BCUT2D eigenvalue weighted by molar-refractivity contribution is 6.04. The Kier molecular flexibility index (Phi) is 4.99. The number of amides is 1. The normalized spacial score (nSPS) is 10.4. The summed E-state index contributed by atoms with van der Waals surface area (Å²) in [7, 11) is 1.55. The molecule has 1 N–H and O–H groups in total. The second-order valence-corrected chi connectivity index (χ2v) is 5.21. The topological polar surface area (TPSA) is 60.5 Å². The van der Waals surface area contributed by atoms with Crippen LogP contribution >= 0.6 is 0 Å². The maximum Gasteiger partial charge on any atom is 0.256 e. The van der Waals surface area contributed by atoms with E-state index in [9.17, 15) is 4.79 Å². The Labute approximate surface area is 130 Å². The van der Waals surface area contributed by atoms with Gasteiger partial charge in [0.15, 0.2) is 11.5 Å². The molecule has 0 saturated carbocycles. The zero-order chi connectivity index (χ0) is 16.1. The molecule has 0 radical (unpaired) electrons. The van der Waals surface area contributed by atoms with Crippen LogP contribution in [0.1, 0.15) is 29.8 Å². The van der Waals surface area contributed by atoms with Gasteiger partial charge in [-0.3, -0.25) is 4.79 Å². The molecule has 0 saturated heterocycles. The molecule has 0 aliphatic carbocycles. The van der Waals surface area contributed by atoms with Gasteiger partial charge < -0.3 is 14.8 Å². The molecular weight excluding hydrogens is 280 g/mol. The predicted molar refractivity (Wildman–Crippen MR) is 85.7 cm³/mol. The largest absolute Gasteiger partial charge is 0.493 e. The second kappa shape index (κ2) is 6.93. The van der Waals surface area contributed by atoms with Crippen molar-refractivity contribution in [2.45, 2.75) is 26.9 Å². The number of rotatable bonds is 5. The lowest BCUT2D eigenvalue weighted by atomic mass is 10.2. The number of aryl methyl sites for hydroxylation is 1. The van der Waals surface area contributed by atoms with Crippen LogP contribution in [0.5, 0.6) is 11.5 Å². The van der Waals surface area contributed by atoms with Gasteiger partial charge in [-0.15, -0.1) is 0 Å². The van der Waals surface area contributed by atoms with Gasteiger partial charge in [0, 0.05) is 11.8 Å². The predicted octanol–water partition coefficient (Wildman–Crippen LogP) is 3.44. The smallest absolute Gasteiger partial charge is 0.256 e. The van der Waals surface area contributed by atoms with E-state index in [0.717, 1.165) is 5.56 Å². The van der Waals surface area contributed by atoms with E-state index in [0.29, 0.717) is 22.9 Å². The van der Waals surface area contributed by atoms with Crippen LogP contribution in [0.2, 0.25) is 0 Å². The van der Waals surface area contributed by atoms with E-state index >= 15 is 0 Å². The fourth-order valence-electron chi connectivity index (χ4n) is 1.89. The summed E-state index contributed by atoms with van der Waals surface area (Å²) in [6.45, 7) is 5.81. The Bertz CT molecular complexity index is 651. The third-order valence-corrected chi connectivity index (χ3v) is 2.94. The third kappa shape index (κ3) is 3.97. The Hall–Kier alpha value is -2.56. The summed E-state index contributed by atoms with van der Waals surface area (Å²) >= 11 is 0. The highest BCUT2D eigenvalue weighted by Crippen LogP contribution is 2.29. The van der Waals surface area contributed by atoms with Gasteiger partial charge in [0.05, 0.1) is 13.2 Å². The number of hydrogen-bond acceptors (Lipinski definition) is 4. The summed E-state index contributed by atoms with van der Waals surface area (Å²) in [5.41, 5.74) is 1.52. The van der Waals surface area contributed by atoms with E-state index < -0.39 is 0 Å². The van der Waals surface area contributed by atoms with Crippen LogP contribution in [-0.2, 0) is 0 Å². The van der Waals surface area contributed by atoms with Crippen molar-refractivity contribution >= 4 is 11.7 Å². The summed E-state index contributed by atoms with van der Waals surface area (Å²) in [6, 6.07) is 8.74. The summed E-state index contributed by atoms with van der Waals surface area (Å²) in [6.07, 6.45) is 1.74. The molecule has 0 fully saturated rings. The van der Waals surface area contributed by atoms with Crippen molar-refractivity contribution < 1.29 is 14.3 Å². The van der Waals surface area contributed by atoms with E-state index in [2.05, 4.69) is 10.3 Å². The monoisotopic (exact) mass is 300 g/mol. The van der Waals surface area contributed by atoms with Crippen LogP contribution in [-0.4, -0.2) is 24.1 Å². The molecule has 0 unspecified atom stereocenters. The van der Waals surface area contributed by atoms with Crippen LogP contribution in [0.25, 0.3) is 0 Å². The van der Waals surface area contributed by atoms with Crippen molar-refractivity contribution in [2.75, 3.05) is 12.4 Å². The molecule has 1 aromatic carbocycles. The van der Waals surface area contributed by atoms with Gasteiger partial charge in [-0.2, -0.15) is 0 Å². The van der Waals surface area contributed by atoms with Gasteiger partial charge in [-0.1, -0.05) is 6.07 Å². The average Bonchev–Trinajstić information content (AvgIpc) is 2.49. The molecule has 1 heterocycles. The molecule has 0 aliphatic heterocycles. The number of nitrogens with one attached hydrogen (secondary N) is 1. The number of anilines is 1. The third-order valence-electron chi connectivity index (χ3n) is 2.94. The Morgan fingerprint density at radius 3 is 2.55 bits per heavy atom. The van der Waals surface area contributed by atoms with Crippen molar-refractivity contribution in [1.82, 2.24) is 4.98 Å². The molecule has 2 aromatic rings. The maximum atomic E-state index is 12.3. The molecule has 0 spiro atoms. The number of hydrogen-bond donors (Lipinski definition) is 1. The standard InChI is InChI=1S/C17H20N2O3/c1-11(2)22-14-7-6-13(9-15(14)21-4)17(20)19-16-8-5-12(3)10-18-16/h5-11H,1-4H3,(H,18,19,20). The van der Waals surface area contributed by atoms with Crippen molar-refractivity contribution in [2.24, 2.45) is 0 Å². The average molecular weight is 300 g/mol. The number of aromatic nitrogens is 1. The molecule has 22 heavy (non-hydrogen) atoms. The number of methoxy groups -OCH3 is 1. The maximum absolute atomic E-state index is 12.3. The van der Waals surface area contributed by atoms with Crippen molar-refractivity contribution in [1.29, 1.82) is 0 Å². The number of carbonyl (C=O) groups is 1. The van der Waals surface area contributed by atoms with Crippen LogP contribution < -0.4 is 14.8 Å². The first-order valence-corrected chi connectivity index (χ1v) is 7.08. The fourth-order valence-corrected chi connectivity index (χ4v) is 1.89. The number of ether oxygens (including phenoxy) is 2. The van der Waals surface area contributed by atoms with Crippen molar-refractivity contribution in [3.63, 3.8) is 0 Å². The first-order valence-electron chi connectivity index (χ1n) is 7.08. The summed E-state index contributed by atoms with van der Waals surface area (Å²) in [5.74, 6) is 1.41. The molecule has 0 aliphatic rings. The second-order valence-electron chi connectivity index (χ2n) is 5.21. The zero-order valence-corrected chi connectivity index (χ0v) is 13.2. The van der Waals surface area contributed by atoms with Gasteiger partial charge in [0.2, 0.25) is 0 Å². The van der Waals surface area contributed by atoms with Gasteiger partial charge in [0.25, 0.3) is 5.91 Å². The minimum Gasteiger partial charge on any atom is -0.493 e. The molecule has 1 aromatic heterocycles. The number of nitrogens with zero attached hydrogens (tertiary/aromatic N) is 1. The van der Waals surface area contributed by atoms with Crippen LogP contribution in [0, 0.1) is 6.92 Å². The quantitative estimate of drug-likeness (QED) is 0.919. The van der Waals surface area contributed by atoms with Crippen LogP contribution in [0.15, 0.2) is 36.5 Å². The number of benzene rings is 1. The van der Waals surface area contributed by atoms with E-state index in [1.54, 1.807) is 37.6 Å². The fraction of sp³-hybridized carbons (Fsp3) is 0.294. The van der Waals surface area contributed by atoms with E-state index in [1.807, 2.05) is 26.8 Å². The number of pyridine rings is 1. The highest BCUT2D eigenvalue weighted by Gasteiger charge is 2.12. The molecule has 0 atom stereocenters. The van der Waals surface area contributed by atoms with Crippen LogP contribution in [0.3, 0.4) is 0 Å². The van der Waals surface area contributed by atoms with Gasteiger partial charge in [0.1, 0.15) is 5.82 Å². The minimum atomic E-state index is -0.245. The lowest BCUT2D eigenvalue weighted by Gasteiger charge is -2.14. The molecule has 2 rings (SSSR count). The Balaban J connectivity index is 2.17. The molecule has 1 amide bonds. The van der Waals surface area contributed by atoms with E-state index in [1.165, 1.54) is 0 Å². The molecule has 116 valence electrons. The Morgan fingerprint density at radius 1 is 1.18 bits per heavy atom. The summed E-state index contributed by atoms with van der Waals surface area (Å²) in [4.78, 5) is 16.4. The molecular formula is C17H20N2O3. The molecule has 5 nitrogen and oxygen atoms in total. The minimum absolute atomic E-state index is 0.0327. The van der Waals surface area contributed by atoms with Crippen molar-refractivity contribution in [3.05, 3.63) is 47.7 Å². The lowest BCUT2D eigenvalue weighted by molar-refractivity contribution is 0.102. The first-order chi connectivity index (χ1) is 10.5. The Morgan fingerprint density at radius 2 is 1.95 bits per heavy atom. The summed E-state index contributed by atoms with van der Waals surface area (Å²) in [5, 5.41) is 2.75. The van der Waals surface area contributed by atoms with E-state index in [4.69, 9.17) is 9.47 Å². The van der Waals surface area contributed by atoms with Gasteiger partial charge in [-0.05, 0) is 50.6 Å². The van der Waals surface area contributed by atoms with E-state index in [-0.39, 0.29) is 12.0 Å². The first kappa shape index (κ1) is 15.8. The van der Waals surface area contributed by atoms with Gasteiger partial charge in [-0.25, -0.2) is 4.98 Å². The number of carbonyl (C=O) groups excluding carboxylic acids is 1. The zero-order valence-electron chi connectivity index (χ0n) is 13.2. The summed E-state index contributed by atoms with van der Waals surface area (Å²) < 4.78 is 10.9. The van der Waals surface area contributed by atoms with Crippen molar-refractivity contribution in [3.8, 4) is 11.5 Å². The molecule has 5 heteroatoms. The van der Waals surface area contributed by atoms with Crippen LogP contribution in [0.4, 0.5) is 5.82 Å². The highest BCUT2D eigenvalue weighted by atomic mass is 16.5. The lowest BCUT2D eigenvalue weighted by Crippen LogP contribution is -2.13.